The molecule has 1 amide bonds. The van der Waals surface area contributed by atoms with Crippen molar-refractivity contribution < 1.29 is 4.79 Å². The number of carbonyl (C=O) groups is 1. The van der Waals surface area contributed by atoms with Crippen molar-refractivity contribution in [2.24, 2.45) is 0 Å². The molecule has 0 aliphatic heterocycles. The highest BCUT2D eigenvalue weighted by Crippen LogP contribution is 2.28. The van der Waals surface area contributed by atoms with Crippen molar-refractivity contribution in [1.82, 2.24) is 10.3 Å². The largest absolute Gasteiger partial charge is 0.348 e. The average molecular weight is 439 g/mol. The van der Waals surface area contributed by atoms with E-state index in [-0.39, 0.29) is 5.91 Å². The van der Waals surface area contributed by atoms with Gasteiger partial charge in [0.2, 0.25) is 0 Å². The quantitative estimate of drug-likeness (QED) is 0.375. The normalized spacial score (nSPS) is 10.7. The Balaban J connectivity index is 1.42. The summed E-state index contributed by atoms with van der Waals surface area (Å²) in [4.78, 5) is 16.8. The molecule has 0 radical (unpaired) electrons. The maximum Gasteiger partial charge on any atom is 0.251 e. The number of nitrogens with zero attached hydrogens (tertiary/aromatic N) is 1. The van der Waals surface area contributed by atoms with Crippen LogP contribution in [0.5, 0.6) is 0 Å². The molecule has 0 atom stereocenters. The number of hydrogen-bond acceptors (Lipinski definition) is 3. The number of pyridine rings is 1. The van der Waals surface area contributed by atoms with Crippen LogP contribution in [-0.2, 0) is 6.54 Å². The van der Waals surface area contributed by atoms with E-state index in [0.29, 0.717) is 22.2 Å². The van der Waals surface area contributed by atoms with E-state index >= 15 is 0 Å². The molecule has 4 rings (SSSR count). The summed E-state index contributed by atoms with van der Waals surface area (Å²) in [6.45, 7) is 0.415. The van der Waals surface area contributed by atoms with Crippen LogP contribution in [0.25, 0.3) is 22.3 Å². The highest BCUT2D eigenvalue weighted by atomic mass is 35.5. The van der Waals surface area contributed by atoms with Gasteiger partial charge in [-0.25, -0.2) is 0 Å². The lowest BCUT2D eigenvalue weighted by molar-refractivity contribution is 0.0951. The Morgan fingerprint density at radius 1 is 0.862 bits per heavy atom. The van der Waals surface area contributed by atoms with Crippen LogP contribution in [0.3, 0.4) is 0 Å². The second-order valence-corrected chi connectivity index (χ2v) is 8.08. The minimum atomic E-state index is -0.133. The molecule has 6 heteroatoms. The molecule has 2 aromatic carbocycles. The minimum Gasteiger partial charge on any atom is -0.348 e. The summed E-state index contributed by atoms with van der Waals surface area (Å²) in [6.07, 6.45) is 3.60. The van der Waals surface area contributed by atoms with Gasteiger partial charge in [0.15, 0.2) is 0 Å². The van der Waals surface area contributed by atoms with Crippen LogP contribution in [0.2, 0.25) is 10.0 Å². The number of aromatic nitrogens is 1. The molecule has 0 bridgehead atoms. The zero-order valence-electron chi connectivity index (χ0n) is 15.2. The smallest absolute Gasteiger partial charge is 0.251 e. The number of benzene rings is 2. The summed E-state index contributed by atoms with van der Waals surface area (Å²) in [7, 11) is 0. The Morgan fingerprint density at radius 2 is 1.66 bits per heavy atom. The third-order valence-corrected chi connectivity index (χ3v) is 5.92. The third kappa shape index (κ3) is 4.67. The number of amides is 1. The monoisotopic (exact) mass is 438 g/mol. The average Bonchev–Trinajstić information content (AvgIpc) is 3.29. The molecule has 144 valence electrons. The summed E-state index contributed by atoms with van der Waals surface area (Å²) in [5, 5.41) is 8.08. The number of carbonyl (C=O) groups excluding carboxylic acids is 1. The van der Waals surface area contributed by atoms with Crippen LogP contribution >= 0.6 is 34.5 Å². The Hall–Kier alpha value is -2.66. The lowest BCUT2D eigenvalue weighted by atomic mass is 10.0. The Labute approximate surface area is 183 Å². The maximum atomic E-state index is 12.5. The van der Waals surface area contributed by atoms with Crippen LogP contribution in [0.4, 0.5) is 0 Å². The molecule has 29 heavy (non-hydrogen) atoms. The zero-order valence-corrected chi connectivity index (χ0v) is 17.6. The summed E-state index contributed by atoms with van der Waals surface area (Å²) < 4.78 is 0. The summed E-state index contributed by atoms with van der Waals surface area (Å²) in [6, 6.07) is 17.0. The van der Waals surface area contributed by atoms with E-state index in [0.717, 1.165) is 27.8 Å². The predicted octanol–water partition coefficient (Wildman–Crippen LogP) is 6.71. The topological polar surface area (TPSA) is 42.0 Å². The Kier molecular flexibility index (Phi) is 5.95. The molecule has 4 aromatic rings. The molecule has 0 spiro atoms. The van der Waals surface area contributed by atoms with Gasteiger partial charge < -0.3 is 5.32 Å². The lowest BCUT2D eigenvalue weighted by Gasteiger charge is -2.08. The van der Waals surface area contributed by atoms with Crippen molar-refractivity contribution in [3.63, 3.8) is 0 Å². The fourth-order valence-electron chi connectivity index (χ4n) is 2.94. The summed E-state index contributed by atoms with van der Waals surface area (Å²) in [5.74, 6) is -0.133. The lowest BCUT2D eigenvalue weighted by Crippen LogP contribution is -2.22. The molecule has 0 saturated carbocycles. The van der Waals surface area contributed by atoms with Gasteiger partial charge in [0.25, 0.3) is 5.91 Å². The molecular formula is C23H16Cl2N2OS. The number of nitrogens with one attached hydrogen (secondary N) is 1. The number of rotatable bonds is 5. The molecule has 0 unspecified atom stereocenters. The van der Waals surface area contributed by atoms with Crippen molar-refractivity contribution in [2.75, 3.05) is 0 Å². The van der Waals surface area contributed by atoms with Gasteiger partial charge in [-0.05, 0) is 69.4 Å². The van der Waals surface area contributed by atoms with E-state index in [4.69, 9.17) is 23.2 Å². The van der Waals surface area contributed by atoms with Crippen molar-refractivity contribution in [2.45, 2.75) is 6.54 Å². The van der Waals surface area contributed by atoms with E-state index in [9.17, 15) is 4.79 Å². The van der Waals surface area contributed by atoms with Crippen LogP contribution in [0.15, 0.2) is 77.8 Å². The first kappa shape index (κ1) is 19.6. The zero-order chi connectivity index (χ0) is 20.2. The van der Waals surface area contributed by atoms with Gasteiger partial charge in [-0.1, -0.05) is 41.4 Å². The van der Waals surface area contributed by atoms with Crippen molar-refractivity contribution in [3.8, 4) is 22.3 Å². The second kappa shape index (κ2) is 8.78. The van der Waals surface area contributed by atoms with Crippen LogP contribution in [0.1, 0.15) is 15.9 Å². The van der Waals surface area contributed by atoms with Crippen molar-refractivity contribution >= 4 is 40.4 Å². The van der Waals surface area contributed by atoms with Gasteiger partial charge >= 0.3 is 0 Å². The molecule has 0 aliphatic rings. The number of thiophene rings is 1. The molecule has 0 fully saturated rings. The highest BCUT2D eigenvalue weighted by Gasteiger charge is 2.08. The molecule has 1 N–H and O–H groups in total. The van der Waals surface area contributed by atoms with Gasteiger partial charge in [-0.15, -0.1) is 0 Å². The first-order chi connectivity index (χ1) is 14.1. The SMILES string of the molecule is O=C(NCc1cncc(-c2ccsc2)c1)c1ccc(-c2ccc(Cl)c(Cl)c2)cc1. The first-order valence-electron chi connectivity index (χ1n) is 8.90. The molecular weight excluding hydrogens is 423 g/mol. The fourth-order valence-corrected chi connectivity index (χ4v) is 3.91. The fraction of sp³-hybridized carbons (Fsp3) is 0.0435. The molecule has 0 aliphatic carbocycles. The minimum absolute atomic E-state index is 0.133. The maximum absolute atomic E-state index is 12.5. The van der Waals surface area contributed by atoms with Gasteiger partial charge in [-0.2, -0.15) is 11.3 Å². The molecule has 0 saturated heterocycles. The van der Waals surface area contributed by atoms with Gasteiger partial charge in [-0.3, -0.25) is 9.78 Å². The predicted molar refractivity (Wildman–Crippen MR) is 121 cm³/mol. The van der Waals surface area contributed by atoms with Crippen LogP contribution in [0, 0.1) is 0 Å². The highest BCUT2D eigenvalue weighted by molar-refractivity contribution is 7.08. The van der Waals surface area contributed by atoms with Crippen LogP contribution < -0.4 is 5.32 Å². The Bertz CT molecular complexity index is 1140. The third-order valence-electron chi connectivity index (χ3n) is 4.50. The molecule has 3 nitrogen and oxygen atoms in total. The van der Waals surface area contributed by atoms with Gasteiger partial charge in [0, 0.05) is 30.1 Å². The number of hydrogen-bond donors (Lipinski definition) is 1. The van der Waals surface area contributed by atoms with Crippen molar-refractivity contribution in [3.05, 3.63) is 98.9 Å². The van der Waals surface area contributed by atoms with Crippen molar-refractivity contribution in [1.29, 1.82) is 0 Å². The molecule has 2 heterocycles. The van der Waals surface area contributed by atoms with E-state index in [1.807, 2.05) is 41.9 Å². The van der Waals surface area contributed by atoms with Crippen LogP contribution in [-0.4, -0.2) is 10.9 Å². The first-order valence-corrected chi connectivity index (χ1v) is 10.6. The van der Waals surface area contributed by atoms with E-state index in [2.05, 4.69) is 21.7 Å². The van der Waals surface area contributed by atoms with E-state index < -0.39 is 0 Å². The molecule has 2 aromatic heterocycles. The van der Waals surface area contributed by atoms with E-state index in [1.165, 1.54) is 0 Å². The summed E-state index contributed by atoms with van der Waals surface area (Å²) >= 11 is 13.7. The van der Waals surface area contributed by atoms with Gasteiger partial charge in [0.1, 0.15) is 0 Å². The summed E-state index contributed by atoms with van der Waals surface area (Å²) in [5.41, 5.74) is 5.64. The van der Waals surface area contributed by atoms with E-state index in [1.54, 1.807) is 35.7 Å². The Morgan fingerprint density at radius 3 is 2.38 bits per heavy atom. The second-order valence-electron chi connectivity index (χ2n) is 6.48. The van der Waals surface area contributed by atoms with Gasteiger partial charge in [0.05, 0.1) is 10.0 Å². The standard InChI is InChI=1S/C23H16Cl2N2OS/c24-21-6-5-18(10-22(21)25)16-1-3-17(4-2-16)23(28)27-12-15-9-20(13-26-11-15)19-7-8-29-14-19/h1-11,13-14H,12H2,(H,27,28). The number of halogens is 2.